The van der Waals surface area contributed by atoms with Crippen molar-refractivity contribution in [1.29, 1.82) is 0 Å². The molecule has 2 fully saturated rings. The highest BCUT2D eigenvalue weighted by Gasteiger charge is 2.37. The van der Waals surface area contributed by atoms with Gasteiger partial charge in [0, 0.05) is 12.6 Å². The smallest absolute Gasteiger partial charge is 0.293 e. The van der Waals surface area contributed by atoms with E-state index < -0.39 is 0 Å². The second-order valence-electron chi connectivity index (χ2n) is 5.95. The molecular formula is C13H24N2O3. The van der Waals surface area contributed by atoms with Crippen LogP contribution in [0.5, 0.6) is 0 Å². The lowest BCUT2D eigenvalue weighted by molar-refractivity contribution is -0.138. The van der Waals surface area contributed by atoms with Crippen molar-refractivity contribution in [3.8, 4) is 0 Å². The van der Waals surface area contributed by atoms with Crippen molar-refractivity contribution in [1.82, 2.24) is 4.90 Å². The lowest BCUT2D eigenvalue weighted by atomic mass is 10.0. The van der Waals surface area contributed by atoms with Gasteiger partial charge in [0.2, 0.25) is 5.91 Å². The van der Waals surface area contributed by atoms with E-state index in [-0.39, 0.29) is 17.4 Å². The maximum absolute atomic E-state index is 10.8. The van der Waals surface area contributed by atoms with Crippen LogP contribution in [0.2, 0.25) is 0 Å². The Bertz CT molecular complexity index is 287. The van der Waals surface area contributed by atoms with Crippen LogP contribution in [0.3, 0.4) is 0 Å². The van der Waals surface area contributed by atoms with Gasteiger partial charge in [-0.25, -0.2) is 0 Å². The summed E-state index contributed by atoms with van der Waals surface area (Å²) in [7, 11) is 0. The number of primary amides is 1. The first-order valence-corrected chi connectivity index (χ1v) is 6.48. The maximum Gasteiger partial charge on any atom is 0.293 e. The number of carbonyl (C=O) groups excluding carboxylic acids is 2. The number of nitrogens with two attached hydrogens (primary N) is 1. The highest BCUT2D eigenvalue weighted by atomic mass is 16.5. The molecule has 2 aliphatic rings. The van der Waals surface area contributed by atoms with Gasteiger partial charge in [0.05, 0.1) is 5.92 Å². The topological polar surface area (TPSA) is 72.6 Å². The van der Waals surface area contributed by atoms with E-state index in [1.807, 2.05) is 20.8 Å². The second kappa shape index (κ2) is 6.18. The van der Waals surface area contributed by atoms with Gasteiger partial charge in [0.25, 0.3) is 6.47 Å². The van der Waals surface area contributed by atoms with E-state index in [0.29, 0.717) is 12.5 Å². The van der Waals surface area contributed by atoms with Gasteiger partial charge in [-0.3, -0.25) is 14.5 Å². The standard InChI is InChI=1S/C8H14N2O.C5H10O2/c9-8(11)6-4-7-2-1-3-10(7)5-6;1-5(2,3)7-4-6/h6-7H,1-5H2,(H2,9,11);4H,1-3H3. The number of rotatable bonds is 2. The second-order valence-corrected chi connectivity index (χ2v) is 5.95. The Hall–Kier alpha value is -1.10. The number of ether oxygens (including phenoxy) is 1. The third kappa shape index (κ3) is 4.64. The van der Waals surface area contributed by atoms with E-state index in [4.69, 9.17) is 5.73 Å². The van der Waals surface area contributed by atoms with Crippen molar-refractivity contribution in [2.45, 2.75) is 51.7 Å². The van der Waals surface area contributed by atoms with Crippen LogP contribution in [-0.4, -0.2) is 42.0 Å². The lowest BCUT2D eigenvalue weighted by Crippen LogP contribution is -2.27. The van der Waals surface area contributed by atoms with Crippen molar-refractivity contribution >= 4 is 12.4 Å². The van der Waals surface area contributed by atoms with Gasteiger partial charge in [0.15, 0.2) is 0 Å². The van der Waals surface area contributed by atoms with Crippen LogP contribution in [0.15, 0.2) is 0 Å². The number of fused-ring (bicyclic) bond motifs is 1. The van der Waals surface area contributed by atoms with Crippen molar-refractivity contribution in [3.05, 3.63) is 0 Å². The molecule has 0 aromatic heterocycles. The maximum atomic E-state index is 10.8. The Labute approximate surface area is 109 Å². The molecule has 0 saturated carbocycles. The van der Waals surface area contributed by atoms with E-state index in [1.54, 1.807) is 0 Å². The summed E-state index contributed by atoms with van der Waals surface area (Å²) in [5.74, 6) is 0.0275. The average Bonchev–Trinajstić information content (AvgIpc) is 2.74. The van der Waals surface area contributed by atoms with Gasteiger partial charge in [-0.05, 0) is 46.6 Å². The van der Waals surface area contributed by atoms with E-state index >= 15 is 0 Å². The molecule has 2 heterocycles. The van der Waals surface area contributed by atoms with E-state index in [2.05, 4.69) is 9.64 Å². The first-order valence-electron chi connectivity index (χ1n) is 6.48. The predicted molar refractivity (Wildman–Crippen MR) is 68.8 cm³/mol. The largest absolute Gasteiger partial charge is 0.462 e. The predicted octanol–water partition coefficient (Wildman–Crippen LogP) is 0.914. The summed E-state index contributed by atoms with van der Waals surface area (Å²) in [6, 6.07) is 0.674. The molecular weight excluding hydrogens is 232 g/mol. The molecule has 18 heavy (non-hydrogen) atoms. The summed E-state index contributed by atoms with van der Waals surface area (Å²) in [5.41, 5.74) is 4.92. The van der Waals surface area contributed by atoms with E-state index in [0.717, 1.165) is 13.0 Å². The highest BCUT2D eigenvalue weighted by Crippen LogP contribution is 2.30. The molecule has 0 aromatic carbocycles. The van der Waals surface area contributed by atoms with Crippen LogP contribution in [-0.2, 0) is 14.3 Å². The summed E-state index contributed by atoms with van der Waals surface area (Å²) in [5, 5.41) is 0. The van der Waals surface area contributed by atoms with Gasteiger partial charge < -0.3 is 10.5 Å². The van der Waals surface area contributed by atoms with Crippen LogP contribution in [0.25, 0.3) is 0 Å². The summed E-state index contributed by atoms with van der Waals surface area (Å²) in [6.45, 7) is 8.01. The van der Waals surface area contributed by atoms with Crippen molar-refractivity contribution in [2.75, 3.05) is 13.1 Å². The molecule has 2 rings (SSSR count). The van der Waals surface area contributed by atoms with E-state index in [9.17, 15) is 9.59 Å². The molecule has 2 atom stereocenters. The SMILES string of the molecule is CC(C)(C)OC=O.NC(=O)C1CC2CCCN2C1. The minimum Gasteiger partial charge on any atom is -0.462 e. The van der Waals surface area contributed by atoms with Crippen LogP contribution >= 0.6 is 0 Å². The van der Waals surface area contributed by atoms with Crippen LogP contribution in [0, 0.1) is 5.92 Å². The van der Waals surface area contributed by atoms with Gasteiger partial charge in [-0.1, -0.05) is 0 Å². The summed E-state index contributed by atoms with van der Waals surface area (Å²) in [6.07, 6.45) is 3.58. The van der Waals surface area contributed by atoms with Crippen molar-refractivity contribution in [3.63, 3.8) is 0 Å². The van der Waals surface area contributed by atoms with Gasteiger partial charge in [-0.15, -0.1) is 0 Å². The number of nitrogens with zero attached hydrogens (tertiary/aromatic N) is 1. The molecule has 0 aliphatic carbocycles. The summed E-state index contributed by atoms with van der Waals surface area (Å²) >= 11 is 0. The summed E-state index contributed by atoms with van der Waals surface area (Å²) in [4.78, 5) is 22.8. The Morgan fingerprint density at radius 2 is 2.11 bits per heavy atom. The third-order valence-electron chi connectivity index (χ3n) is 3.31. The molecule has 104 valence electrons. The molecule has 0 radical (unpaired) electrons. The molecule has 2 aliphatic heterocycles. The fraction of sp³-hybridized carbons (Fsp3) is 0.846. The molecule has 2 unspecified atom stereocenters. The first kappa shape index (κ1) is 15.0. The first-order chi connectivity index (χ1) is 8.33. The Kier molecular flexibility index (Phi) is 5.14. The summed E-state index contributed by atoms with van der Waals surface area (Å²) < 4.78 is 4.55. The zero-order chi connectivity index (χ0) is 13.8. The Balaban J connectivity index is 0.000000203. The number of hydrogen-bond acceptors (Lipinski definition) is 4. The molecule has 2 saturated heterocycles. The Morgan fingerprint density at radius 3 is 2.50 bits per heavy atom. The molecule has 0 aromatic rings. The van der Waals surface area contributed by atoms with Gasteiger partial charge >= 0.3 is 0 Å². The van der Waals surface area contributed by atoms with Crippen LogP contribution in [0.1, 0.15) is 40.0 Å². The lowest BCUT2D eigenvalue weighted by Gasteiger charge is -2.14. The third-order valence-corrected chi connectivity index (χ3v) is 3.31. The molecule has 5 nitrogen and oxygen atoms in total. The normalized spacial score (nSPS) is 27.1. The zero-order valence-corrected chi connectivity index (χ0v) is 11.5. The monoisotopic (exact) mass is 256 g/mol. The minimum atomic E-state index is -0.318. The number of amides is 1. The van der Waals surface area contributed by atoms with Crippen LogP contribution in [0.4, 0.5) is 0 Å². The van der Waals surface area contributed by atoms with Crippen molar-refractivity contribution in [2.24, 2.45) is 11.7 Å². The molecule has 0 spiro atoms. The minimum absolute atomic E-state index is 0.112. The van der Waals surface area contributed by atoms with Crippen molar-refractivity contribution < 1.29 is 14.3 Å². The quantitative estimate of drug-likeness (QED) is 0.745. The molecule has 5 heteroatoms. The zero-order valence-electron chi connectivity index (χ0n) is 11.5. The fourth-order valence-electron chi connectivity index (χ4n) is 2.44. The molecule has 0 bridgehead atoms. The molecule has 2 N–H and O–H groups in total. The van der Waals surface area contributed by atoms with E-state index in [1.165, 1.54) is 19.4 Å². The van der Waals surface area contributed by atoms with Gasteiger partial charge in [0.1, 0.15) is 5.60 Å². The number of carbonyl (C=O) groups is 2. The fourth-order valence-corrected chi connectivity index (χ4v) is 2.44. The van der Waals surface area contributed by atoms with Gasteiger partial charge in [-0.2, -0.15) is 0 Å². The molecule has 1 amide bonds. The Morgan fingerprint density at radius 1 is 1.44 bits per heavy atom. The average molecular weight is 256 g/mol. The van der Waals surface area contributed by atoms with Crippen LogP contribution < -0.4 is 5.73 Å². The number of hydrogen-bond donors (Lipinski definition) is 1. The highest BCUT2D eigenvalue weighted by molar-refractivity contribution is 5.77.